The van der Waals surface area contributed by atoms with Gasteiger partial charge in [0.05, 0.1) is 61.5 Å². The molecule has 0 saturated carbocycles. The number of carbonyl (C=O) groups is 7. The highest BCUT2D eigenvalue weighted by Crippen LogP contribution is 2.33. The van der Waals surface area contributed by atoms with E-state index in [4.69, 9.17) is 28.9 Å². The highest BCUT2D eigenvalue weighted by Gasteiger charge is 2.26. The normalized spacial score (nSPS) is 12.4. The summed E-state index contributed by atoms with van der Waals surface area (Å²) in [4.78, 5) is 102. The van der Waals surface area contributed by atoms with Gasteiger partial charge in [0.25, 0.3) is 23.6 Å². The molecule has 23 heteroatoms. The first-order valence-corrected chi connectivity index (χ1v) is 22.6. The molecule has 0 atom stereocenters. The number of anilines is 2. The van der Waals surface area contributed by atoms with Crippen molar-refractivity contribution >= 4 is 75.4 Å². The minimum absolute atomic E-state index is 0.0466. The predicted molar refractivity (Wildman–Crippen MR) is 257 cm³/mol. The molecule has 23 nitrogen and oxygen atoms in total. The van der Waals surface area contributed by atoms with Gasteiger partial charge in [0.15, 0.2) is 0 Å². The molecular formula is C48H54N12O11. The van der Waals surface area contributed by atoms with E-state index in [1.165, 1.54) is 56.6 Å². The third kappa shape index (κ3) is 10.8. The Bertz CT molecular complexity index is 3120. The predicted octanol–water partition coefficient (Wildman–Crippen LogP) is 4.32. The number of methoxy groups -OCH3 is 3. The first kappa shape index (κ1) is 50.3. The number of nitrogens with zero attached hydrogens (tertiary/aromatic N) is 10. The third-order valence-electron chi connectivity index (χ3n) is 11.5. The molecule has 71 heavy (non-hydrogen) atoms. The zero-order chi connectivity index (χ0) is 51.1. The number of imidazole rings is 2. The van der Waals surface area contributed by atoms with E-state index in [1.54, 1.807) is 69.7 Å². The van der Waals surface area contributed by atoms with Gasteiger partial charge < -0.3 is 33.0 Å². The monoisotopic (exact) mass is 974 g/mol. The Hall–Kier alpha value is -8.63. The van der Waals surface area contributed by atoms with E-state index in [0.29, 0.717) is 58.8 Å². The van der Waals surface area contributed by atoms with Crippen LogP contribution in [0.2, 0.25) is 0 Å². The molecule has 0 unspecified atom stereocenters. The summed E-state index contributed by atoms with van der Waals surface area (Å²) in [5.74, 6) is -2.66. The molecule has 0 saturated heterocycles. The maximum atomic E-state index is 13.9. The van der Waals surface area contributed by atoms with Crippen molar-refractivity contribution in [3.63, 3.8) is 0 Å². The molecule has 4 aromatic heterocycles. The van der Waals surface area contributed by atoms with Crippen LogP contribution in [0.15, 0.2) is 60.7 Å². The number of benzene rings is 2. The van der Waals surface area contributed by atoms with E-state index in [1.807, 2.05) is 13.8 Å². The van der Waals surface area contributed by atoms with E-state index in [9.17, 15) is 33.6 Å². The van der Waals surface area contributed by atoms with Gasteiger partial charge in [-0.25, -0.2) is 19.6 Å². The lowest BCUT2D eigenvalue weighted by atomic mass is 10.2. The molecule has 1 aliphatic heterocycles. The fraction of sp³-hybridized carbons (Fsp3) is 0.354. The number of ether oxygens (including phenoxy) is 4. The van der Waals surface area contributed by atoms with Crippen molar-refractivity contribution in [1.29, 1.82) is 0 Å². The minimum Gasteiger partial charge on any atom is -0.494 e. The number of fused-ring (bicyclic) bond motifs is 2. The summed E-state index contributed by atoms with van der Waals surface area (Å²) in [6.07, 6.45) is 6.23. The quantitative estimate of drug-likeness (QED) is 0.0441. The smallest absolute Gasteiger partial charge is 0.338 e. The summed E-state index contributed by atoms with van der Waals surface area (Å²) < 4.78 is 28.7. The van der Waals surface area contributed by atoms with Gasteiger partial charge in [-0.15, -0.1) is 0 Å². The Balaban J connectivity index is 1.22. The molecule has 0 bridgehead atoms. The van der Waals surface area contributed by atoms with E-state index in [-0.39, 0.29) is 85.2 Å². The second kappa shape index (κ2) is 21.8. The van der Waals surface area contributed by atoms with Crippen LogP contribution in [0.3, 0.4) is 0 Å². The average molecular weight is 975 g/mol. The Kier molecular flexibility index (Phi) is 15.4. The molecule has 0 fully saturated rings. The van der Waals surface area contributed by atoms with Crippen molar-refractivity contribution in [2.24, 2.45) is 0 Å². The number of hydrogen-bond acceptors (Lipinski definition) is 15. The van der Waals surface area contributed by atoms with Crippen molar-refractivity contribution in [3.8, 4) is 11.5 Å². The van der Waals surface area contributed by atoms with Gasteiger partial charge in [-0.05, 0) is 70.5 Å². The number of amides is 5. The van der Waals surface area contributed by atoms with Crippen LogP contribution >= 0.6 is 0 Å². The molecule has 0 aliphatic carbocycles. The summed E-state index contributed by atoms with van der Waals surface area (Å²) in [5.41, 5.74) is 3.73. The molecule has 7 rings (SSSR count). The minimum atomic E-state index is -0.659. The molecule has 0 spiro atoms. The Labute approximate surface area is 406 Å². The zero-order valence-corrected chi connectivity index (χ0v) is 40.6. The lowest BCUT2D eigenvalue weighted by Gasteiger charge is -2.19. The van der Waals surface area contributed by atoms with Gasteiger partial charge in [-0.3, -0.25) is 48.9 Å². The number of imide groups is 1. The van der Waals surface area contributed by atoms with Crippen LogP contribution in [-0.2, 0) is 50.0 Å². The van der Waals surface area contributed by atoms with Crippen molar-refractivity contribution in [3.05, 3.63) is 94.6 Å². The highest BCUT2D eigenvalue weighted by atomic mass is 16.5. The van der Waals surface area contributed by atoms with E-state index in [2.05, 4.69) is 20.8 Å². The van der Waals surface area contributed by atoms with Gasteiger partial charge >= 0.3 is 11.9 Å². The Morgan fingerprint density at radius 2 is 1.17 bits per heavy atom. The van der Waals surface area contributed by atoms with Crippen molar-refractivity contribution in [2.45, 2.75) is 66.7 Å². The topological polar surface area (TPSA) is 258 Å². The number of carbonyl (C=O) groups excluding carboxylic acids is 7. The van der Waals surface area contributed by atoms with Crippen LogP contribution in [-0.4, -0.2) is 138 Å². The van der Waals surface area contributed by atoms with E-state index < -0.39 is 35.6 Å². The van der Waals surface area contributed by atoms with Gasteiger partial charge in [0.2, 0.25) is 17.8 Å². The molecule has 372 valence electrons. The van der Waals surface area contributed by atoms with Crippen LogP contribution in [0.4, 0.5) is 11.9 Å². The number of esters is 2. The van der Waals surface area contributed by atoms with Gasteiger partial charge in [0.1, 0.15) is 33.9 Å². The molecule has 0 radical (unpaired) electrons. The summed E-state index contributed by atoms with van der Waals surface area (Å²) in [6.45, 7) is 8.64. The fourth-order valence-corrected chi connectivity index (χ4v) is 8.03. The lowest BCUT2D eigenvalue weighted by molar-refractivity contribution is -0.138. The standard InChI is InChI=1S/C48H54N12O11/c1-9-59-34(22-28(3)53-59)43(64)51-47-49-32-24-30(45(66)69-7)26-36(68-6)41(32)57(47)18-11-12-19-58-42-33(50-48(58)52-44(65)35-23-29(4)54-60(35)10-2)25-31(46(67)70-8)27-37(42)71-21-13-17-55(5)38(61)16-20-56-39(62)14-15-40(56)63/h11-12,14-15,22-27H,9-10,13,16-21H2,1-8H3,(H,49,51,64)(H,50,52,65)/b12-11+. The van der Waals surface area contributed by atoms with Crippen LogP contribution in [0.1, 0.15) is 79.8 Å². The third-order valence-corrected chi connectivity index (χ3v) is 11.5. The summed E-state index contributed by atoms with van der Waals surface area (Å²) >= 11 is 0. The van der Waals surface area contributed by atoms with Crippen molar-refractivity contribution in [1.82, 2.24) is 48.5 Å². The lowest BCUT2D eigenvalue weighted by Crippen LogP contribution is -2.36. The second-order valence-corrected chi connectivity index (χ2v) is 16.2. The van der Waals surface area contributed by atoms with Crippen molar-refractivity contribution in [2.75, 3.05) is 58.7 Å². The maximum Gasteiger partial charge on any atom is 0.338 e. The van der Waals surface area contributed by atoms with E-state index >= 15 is 0 Å². The summed E-state index contributed by atoms with van der Waals surface area (Å²) in [5, 5.41) is 14.7. The molecule has 1 aliphatic rings. The van der Waals surface area contributed by atoms with Gasteiger partial charge in [0, 0.05) is 64.9 Å². The summed E-state index contributed by atoms with van der Waals surface area (Å²) in [6, 6.07) is 9.42. The van der Waals surface area contributed by atoms with Crippen LogP contribution in [0.5, 0.6) is 11.5 Å². The number of nitrogens with one attached hydrogen (secondary N) is 2. The Morgan fingerprint density at radius 1 is 0.690 bits per heavy atom. The van der Waals surface area contributed by atoms with Crippen LogP contribution in [0, 0.1) is 13.8 Å². The SMILES string of the molecule is CCn1nc(C)cc1C(=O)Nc1nc2cc(C(=O)OC)cc(OC)c2n1C/C=C/Cn1c(NC(=O)c2cc(C)nn2CC)nc2cc(C(=O)OC)cc(OCCCN(C)C(=O)CCN3C(=O)C=CC3=O)c21. The maximum absolute atomic E-state index is 13.9. The van der Waals surface area contributed by atoms with Gasteiger partial charge in [-0.1, -0.05) is 12.2 Å². The molecule has 5 heterocycles. The number of aryl methyl sites for hydroxylation is 4. The zero-order valence-electron chi connectivity index (χ0n) is 40.6. The number of allylic oxidation sites excluding steroid dienone is 2. The Morgan fingerprint density at radius 3 is 1.63 bits per heavy atom. The molecule has 5 amide bonds. The summed E-state index contributed by atoms with van der Waals surface area (Å²) in [7, 11) is 5.56. The number of aromatic nitrogens is 8. The molecule has 2 aromatic carbocycles. The van der Waals surface area contributed by atoms with Crippen LogP contribution < -0.4 is 20.1 Å². The van der Waals surface area contributed by atoms with Crippen molar-refractivity contribution < 1.29 is 52.5 Å². The number of rotatable bonds is 21. The molecule has 2 N–H and O–H groups in total. The fourth-order valence-electron chi connectivity index (χ4n) is 8.03. The first-order valence-electron chi connectivity index (χ1n) is 22.6. The second-order valence-electron chi connectivity index (χ2n) is 16.2. The van der Waals surface area contributed by atoms with Crippen LogP contribution in [0.25, 0.3) is 22.1 Å². The highest BCUT2D eigenvalue weighted by molar-refractivity contribution is 6.13. The molecular weight excluding hydrogens is 921 g/mol. The van der Waals surface area contributed by atoms with E-state index in [0.717, 1.165) is 4.90 Å². The first-order chi connectivity index (χ1) is 34.1. The number of hydrogen-bond donors (Lipinski definition) is 2. The van der Waals surface area contributed by atoms with Gasteiger partial charge in [-0.2, -0.15) is 10.2 Å². The average Bonchev–Trinajstić information content (AvgIpc) is 4.19. The molecule has 6 aromatic rings. The largest absolute Gasteiger partial charge is 0.494 e.